The number of fused-ring (bicyclic) bond motifs is 1. The van der Waals surface area contributed by atoms with Gasteiger partial charge in [-0.05, 0) is 54.7 Å². The van der Waals surface area contributed by atoms with Gasteiger partial charge in [0.2, 0.25) is 0 Å². The van der Waals surface area contributed by atoms with Crippen molar-refractivity contribution in [2.24, 2.45) is 0 Å². The molecule has 1 nitrogen and oxygen atoms in total. The van der Waals surface area contributed by atoms with Gasteiger partial charge in [-0.3, -0.25) is 0 Å². The molecule has 1 heteroatoms. The van der Waals surface area contributed by atoms with Crippen LogP contribution >= 0.6 is 0 Å². The van der Waals surface area contributed by atoms with E-state index in [1.807, 2.05) is 0 Å². The van der Waals surface area contributed by atoms with Crippen LogP contribution < -0.4 is 0 Å². The molecule has 0 spiro atoms. The maximum absolute atomic E-state index is 8.60. The summed E-state index contributed by atoms with van der Waals surface area (Å²) in [6, 6.07) is 9.16. The van der Waals surface area contributed by atoms with Crippen molar-refractivity contribution < 1.29 is 0 Å². The minimum atomic E-state index is 0.520. The smallest absolute Gasteiger partial charge is 0.0621 e. The number of hydrogen-bond donors (Lipinski definition) is 0. The zero-order chi connectivity index (χ0) is 11.4. The van der Waals surface area contributed by atoms with E-state index in [4.69, 9.17) is 5.26 Å². The van der Waals surface area contributed by atoms with Crippen molar-refractivity contribution in [3.05, 3.63) is 34.9 Å². The van der Waals surface area contributed by atoms with Gasteiger partial charge in [-0.15, -0.1) is 0 Å². The molecule has 84 valence electrons. The van der Waals surface area contributed by atoms with Crippen LogP contribution in [-0.2, 0) is 12.8 Å². The Morgan fingerprint density at radius 1 is 1.25 bits per heavy atom. The highest BCUT2D eigenvalue weighted by Gasteiger charge is 2.12. The lowest BCUT2D eigenvalue weighted by molar-refractivity contribution is 0.669. The SMILES string of the molecule is CC(CCC#N)c1ccc2c(c1)CCCC2. The maximum Gasteiger partial charge on any atom is 0.0621 e. The van der Waals surface area contributed by atoms with Crippen molar-refractivity contribution in [3.63, 3.8) is 0 Å². The van der Waals surface area contributed by atoms with Gasteiger partial charge in [-0.25, -0.2) is 0 Å². The van der Waals surface area contributed by atoms with E-state index in [0.29, 0.717) is 12.3 Å². The Morgan fingerprint density at radius 2 is 2.00 bits per heavy atom. The third kappa shape index (κ3) is 2.44. The molecule has 0 heterocycles. The predicted octanol–water partition coefficient (Wildman–Crippen LogP) is 3.97. The van der Waals surface area contributed by atoms with Crippen LogP contribution in [0.15, 0.2) is 18.2 Å². The van der Waals surface area contributed by atoms with E-state index in [1.54, 1.807) is 11.1 Å². The average Bonchev–Trinajstić information content (AvgIpc) is 2.35. The van der Waals surface area contributed by atoms with Crippen LogP contribution in [0.2, 0.25) is 0 Å². The van der Waals surface area contributed by atoms with Crippen molar-refractivity contribution >= 4 is 0 Å². The van der Waals surface area contributed by atoms with Crippen LogP contribution in [0.5, 0.6) is 0 Å². The molecule has 0 fully saturated rings. The molecule has 0 aliphatic heterocycles. The van der Waals surface area contributed by atoms with E-state index in [0.717, 1.165) is 6.42 Å². The van der Waals surface area contributed by atoms with E-state index in [-0.39, 0.29) is 0 Å². The number of rotatable bonds is 3. The van der Waals surface area contributed by atoms with Gasteiger partial charge < -0.3 is 0 Å². The lowest BCUT2D eigenvalue weighted by Crippen LogP contribution is -2.04. The van der Waals surface area contributed by atoms with E-state index in [2.05, 4.69) is 31.2 Å². The van der Waals surface area contributed by atoms with Crippen molar-refractivity contribution in [3.8, 4) is 6.07 Å². The van der Waals surface area contributed by atoms with Crippen LogP contribution in [0.4, 0.5) is 0 Å². The van der Waals surface area contributed by atoms with Crippen LogP contribution in [0.25, 0.3) is 0 Å². The summed E-state index contributed by atoms with van der Waals surface area (Å²) in [7, 11) is 0. The fourth-order valence-electron chi connectivity index (χ4n) is 2.51. The normalized spacial score (nSPS) is 16.2. The third-order valence-electron chi connectivity index (χ3n) is 3.63. The van der Waals surface area contributed by atoms with Gasteiger partial charge in [0.25, 0.3) is 0 Å². The summed E-state index contributed by atoms with van der Waals surface area (Å²) < 4.78 is 0. The van der Waals surface area contributed by atoms with Gasteiger partial charge in [-0.2, -0.15) is 5.26 Å². The number of nitriles is 1. The van der Waals surface area contributed by atoms with Gasteiger partial charge >= 0.3 is 0 Å². The molecule has 1 aromatic rings. The average molecular weight is 213 g/mol. The molecular weight excluding hydrogens is 194 g/mol. The monoisotopic (exact) mass is 213 g/mol. The fourth-order valence-corrected chi connectivity index (χ4v) is 2.51. The third-order valence-corrected chi connectivity index (χ3v) is 3.63. The lowest BCUT2D eigenvalue weighted by Gasteiger charge is -2.18. The Morgan fingerprint density at radius 3 is 2.75 bits per heavy atom. The topological polar surface area (TPSA) is 23.8 Å². The molecule has 0 bridgehead atoms. The molecule has 0 amide bonds. The molecule has 1 atom stereocenters. The molecule has 2 rings (SSSR count). The van der Waals surface area contributed by atoms with Crippen molar-refractivity contribution in [2.75, 3.05) is 0 Å². The largest absolute Gasteiger partial charge is 0.198 e. The van der Waals surface area contributed by atoms with Gasteiger partial charge in [0.05, 0.1) is 6.07 Å². The van der Waals surface area contributed by atoms with Gasteiger partial charge in [0, 0.05) is 6.42 Å². The van der Waals surface area contributed by atoms with E-state index < -0.39 is 0 Å². The van der Waals surface area contributed by atoms with Crippen molar-refractivity contribution in [2.45, 2.75) is 51.4 Å². The lowest BCUT2D eigenvalue weighted by atomic mass is 9.87. The summed E-state index contributed by atoms with van der Waals surface area (Å²) in [6.45, 7) is 2.22. The Kier molecular flexibility index (Phi) is 3.62. The second-order valence-corrected chi connectivity index (χ2v) is 4.83. The fraction of sp³-hybridized carbons (Fsp3) is 0.533. The highest BCUT2D eigenvalue weighted by Crippen LogP contribution is 2.27. The Balaban J connectivity index is 2.13. The molecule has 16 heavy (non-hydrogen) atoms. The first-order valence-electron chi connectivity index (χ1n) is 6.30. The zero-order valence-corrected chi connectivity index (χ0v) is 10.00. The molecule has 0 aromatic heterocycles. The van der Waals surface area contributed by atoms with Crippen molar-refractivity contribution in [1.29, 1.82) is 5.26 Å². The number of nitrogens with zero attached hydrogens (tertiary/aromatic N) is 1. The Bertz CT molecular complexity index is 400. The van der Waals surface area contributed by atoms with Crippen LogP contribution in [-0.4, -0.2) is 0 Å². The van der Waals surface area contributed by atoms with Gasteiger partial charge in [0.15, 0.2) is 0 Å². The van der Waals surface area contributed by atoms with Crippen molar-refractivity contribution in [1.82, 2.24) is 0 Å². The van der Waals surface area contributed by atoms with Crippen LogP contribution in [0.3, 0.4) is 0 Å². The predicted molar refractivity (Wildman–Crippen MR) is 66.3 cm³/mol. The van der Waals surface area contributed by atoms with Gasteiger partial charge in [0.1, 0.15) is 0 Å². The number of aryl methyl sites for hydroxylation is 2. The number of hydrogen-bond acceptors (Lipinski definition) is 1. The molecule has 0 radical (unpaired) electrons. The van der Waals surface area contributed by atoms with E-state index >= 15 is 0 Å². The molecule has 0 saturated carbocycles. The molecule has 1 aromatic carbocycles. The standard InChI is InChI=1S/C15H19N/c1-12(5-4-10-16)14-9-8-13-6-2-3-7-15(13)11-14/h8-9,11-12H,2-7H2,1H3. The second kappa shape index (κ2) is 5.16. The summed E-state index contributed by atoms with van der Waals surface area (Å²) in [6.07, 6.45) is 6.82. The van der Waals surface area contributed by atoms with Crippen LogP contribution in [0, 0.1) is 11.3 Å². The Labute approximate surface area is 98.1 Å². The molecular formula is C15H19N. The summed E-state index contributed by atoms with van der Waals surface area (Å²) in [5, 5.41) is 8.60. The molecule has 0 N–H and O–H groups in total. The summed E-state index contributed by atoms with van der Waals surface area (Å²) in [5.41, 5.74) is 4.51. The minimum absolute atomic E-state index is 0.520. The summed E-state index contributed by atoms with van der Waals surface area (Å²) in [4.78, 5) is 0. The first kappa shape index (κ1) is 11.2. The summed E-state index contributed by atoms with van der Waals surface area (Å²) in [5.74, 6) is 0.520. The van der Waals surface area contributed by atoms with E-state index in [9.17, 15) is 0 Å². The first-order valence-corrected chi connectivity index (χ1v) is 6.30. The number of benzene rings is 1. The summed E-state index contributed by atoms with van der Waals surface area (Å²) >= 11 is 0. The highest BCUT2D eigenvalue weighted by atomic mass is 14.2. The quantitative estimate of drug-likeness (QED) is 0.745. The van der Waals surface area contributed by atoms with Crippen LogP contribution in [0.1, 0.15) is 55.2 Å². The first-order chi connectivity index (χ1) is 7.81. The molecule has 1 aliphatic rings. The zero-order valence-electron chi connectivity index (χ0n) is 10.00. The van der Waals surface area contributed by atoms with Gasteiger partial charge in [-0.1, -0.05) is 25.1 Å². The molecule has 0 saturated heterocycles. The highest BCUT2D eigenvalue weighted by molar-refractivity contribution is 5.35. The molecule has 1 unspecified atom stereocenters. The Hall–Kier alpha value is -1.29. The minimum Gasteiger partial charge on any atom is -0.198 e. The van der Waals surface area contributed by atoms with E-state index in [1.165, 1.54) is 31.2 Å². The second-order valence-electron chi connectivity index (χ2n) is 4.83. The molecule has 1 aliphatic carbocycles. The maximum atomic E-state index is 8.60.